The zero-order chi connectivity index (χ0) is 21.6. The number of hydrogen-bond donors (Lipinski definition) is 2. The summed E-state index contributed by atoms with van der Waals surface area (Å²) in [5.74, 6) is 0.172. The van der Waals surface area contributed by atoms with Gasteiger partial charge >= 0.3 is 0 Å². The van der Waals surface area contributed by atoms with E-state index >= 15 is 0 Å². The molecule has 0 saturated carbocycles. The second-order valence-corrected chi connectivity index (χ2v) is 9.24. The van der Waals surface area contributed by atoms with Crippen LogP contribution >= 0.6 is 0 Å². The number of nitrogens with zero attached hydrogens (tertiary/aromatic N) is 2. The summed E-state index contributed by atoms with van der Waals surface area (Å²) in [7, 11) is 0. The van der Waals surface area contributed by atoms with E-state index in [1.807, 2.05) is 6.92 Å². The molecule has 2 aromatic rings. The number of carbonyl (C=O) groups is 1. The number of likely N-dealkylation sites (N-methyl/N-ethyl adjacent to an activating group) is 1. The lowest BCUT2D eigenvalue weighted by Crippen LogP contribution is -2.47. The van der Waals surface area contributed by atoms with Gasteiger partial charge in [-0.1, -0.05) is 43.3 Å². The van der Waals surface area contributed by atoms with Gasteiger partial charge in [0.1, 0.15) is 0 Å². The number of fused-ring (bicyclic) bond motifs is 1. The first-order valence-electron chi connectivity index (χ1n) is 12.1. The Kier molecular flexibility index (Phi) is 7.59. The van der Waals surface area contributed by atoms with E-state index in [2.05, 4.69) is 69.8 Å². The Morgan fingerprint density at radius 2 is 1.81 bits per heavy atom. The van der Waals surface area contributed by atoms with E-state index in [0.717, 1.165) is 19.5 Å². The third-order valence-corrected chi connectivity index (χ3v) is 6.86. The summed E-state index contributed by atoms with van der Waals surface area (Å²) in [4.78, 5) is 17.8. The Hall–Kier alpha value is -1.95. The maximum absolute atomic E-state index is 12.8. The van der Waals surface area contributed by atoms with Crippen LogP contribution in [-0.4, -0.2) is 66.6 Å². The van der Waals surface area contributed by atoms with Crippen molar-refractivity contribution < 1.29 is 4.79 Å². The number of rotatable bonds is 8. The van der Waals surface area contributed by atoms with Gasteiger partial charge in [-0.3, -0.25) is 9.69 Å². The van der Waals surface area contributed by atoms with Gasteiger partial charge in [0.05, 0.1) is 6.04 Å². The number of hydrogen-bond acceptors (Lipinski definition) is 4. The molecule has 0 aliphatic carbocycles. The fourth-order valence-electron chi connectivity index (χ4n) is 5.31. The molecule has 5 heteroatoms. The average molecular weight is 423 g/mol. The molecule has 0 unspecified atom stereocenters. The van der Waals surface area contributed by atoms with Crippen LogP contribution in [0.5, 0.6) is 0 Å². The molecule has 0 aromatic heterocycles. The minimum Gasteiger partial charge on any atom is -0.355 e. The molecule has 2 fully saturated rings. The fraction of sp³-hybridized carbons (Fsp3) is 0.577. The molecule has 2 saturated heterocycles. The van der Waals surface area contributed by atoms with Crippen molar-refractivity contribution in [3.8, 4) is 0 Å². The minimum absolute atomic E-state index is 0.0518. The molecule has 2 aliphatic rings. The standard InChI is InChI=1S/C26H38N4O/c1-3-13-29-14-11-23(12-15-29)28-24-17-25(26(31)27-4-2)30(19-24)18-20-9-10-21-7-5-6-8-22(21)16-20/h5-10,16,23-25,28H,3-4,11-15,17-19H2,1-2H3,(H,27,31)/t24-,25+/m1/s1. The molecule has 0 bridgehead atoms. The van der Waals surface area contributed by atoms with Crippen LogP contribution in [0.1, 0.15) is 45.1 Å². The number of nitrogens with one attached hydrogen (secondary N) is 2. The Morgan fingerprint density at radius 3 is 2.55 bits per heavy atom. The van der Waals surface area contributed by atoms with Gasteiger partial charge in [-0.15, -0.1) is 0 Å². The van der Waals surface area contributed by atoms with E-state index in [0.29, 0.717) is 18.6 Å². The molecule has 1 amide bonds. The van der Waals surface area contributed by atoms with Crippen LogP contribution < -0.4 is 10.6 Å². The van der Waals surface area contributed by atoms with Gasteiger partial charge < -0.3 is 15.5 Å². The predicted molar refractivity (Wildman–Crippen MR) is 128 cm³/mol. The van der Waals surface area contributed by atoms with Crippen molar-refractivity contribution in [3.05, 3.63) is 48.0 Å². The number of benzene rings is 2. The second-order valence-electron chi connectivity index (χ2n) is 9.24. The lowest BCUT2D eigenvalue weighted by atomic mass is 10.0. The van der Waals surface area contributed by atoms with Crippen molar-refractivity contribution in [1.82, 2.24) is 20.4 Å². The third kappa shape index (κ3) is 5.65. The van der Waals surface area contributed by atoms with Crippen molar-refractivity contribution in [2.24, 2.45) is 0 Å². The van der Waals surface area contributed by atoms with E-state index in [1.165, 1.54) is 55.2 Å². The molecule has 168 valence electrons. The summed E-state index contributed by atoms with van der Waals surface area (Å²) in [6, 6.07) is 16.1. The SMILES string of the molecule is CCCN1CCC(N[C@@H]2C[C@@H](C(=O)NCC)N(Cc3ccc4ccccc4c3)C2)CC1. The van der Waals surface area contributed by atoms with Crippen LogP contribution in [0.3, 0.4) is 0 Å². The van der Waals surface area contributed by atoms with Crippen molar-refractivity contribution >= 4 is 16.7 Å². The molecule has 2 N–H and O–H groups in total. The first-order chi connectivity index (χ1) is 15.2. The Morgan fingerprint density at radius 1 is 1.03 bits per heavy atom. The average Bonchev–Trinajstić information content (AvgIpc) is 3.17. The van der Waals surface area contributed by atoms with Crippen molar-refractivity contribution in [1.29, 1.82) is 0 Å². The smallest absolute Gasteiger partial charge is 0.237 e. The summed E-state index contributed by atoms with van der Waals surface area (Å²) < 4.78 is 0. The van der Waals surface area contributed by atoms with Gasteiger partial charge in [0.25, 0.3) is 0 Å². The Labute approximate surface area is 187 Å². The summed E-state index contributed by atoms with van der Waals surface area (Å²) in [5, 5.41) is 9.50. The Bertz CT molecular complexity index is 861. The van der Waals surface area contributed by atoms with E-state index in [-0.39, 0.29) is 11.9 Å². The van der Waals surface area contributed by atoms with Crippen molar-refractivity contribution in [2.45, 2.75) is 64.2 Å². The largest absolute Gasteiger partial charge is 0.355 e. The van der Waals surface area contributed by atoms with Crippen LogP contribution in [0.15, 0.2) is 42.5 Å². The summed E-state index contributed by atoms with van der Waals surface area (Å²) in [5.41, 5.74) is 1.28. The molecule has 2 heterocycles. The first kappa shape index (κ1) is 22.3. The molecule has 2 atom stereocenters. The minimum atomic E-state index is -0.0518. The van der Waals surface area contributed by atoms with E-state index in [4.69, 9.17) is 0 Å². The van der Waals surface area contributed by atoms with Gasteiger partial charge in [-0.2, -0.15) is 0 Å². The molecular weight excluding hydrogens is 384 g/mol. The van der Waals surface area contributed by atoms with Gasteiger partial charge in [0, 0.05) is 31.7 Å². The van der Waals surface area contributed by atoms with E-state index < -0.39 is 0 Å². The molecule has 2 aromatic carbocycles. The van der Waals surface area contributed by atoms with Gasteiger partial charge in [0.2, 0.25) is 5.91 Å². The van der Waals surface area contributed by atoms with Gasteiger partial charge in [-0.25, -0.2) is 0 Å². The molecular formula is C26H38N4O. The summed E-state index contributed by atoms with van der Waals surface area (Å²) in [6.45, 7) is 10.3. The van der Waals surface area contributed by atoms with Gasteiger partial charge in [0.15, 0.2) is 0 Å². The number of amides is 1. The molecule has 2 aliphatic heterocycles. The Balaban J connectivity index is 1.40. The maximum atomic E-state index is 12.8. The number of carbonyl (C=O) groups excluding carboxylic acids is 1. The van der Waals surface area contributed by atoms with Crippen LogP contribution in [0.2, 0.25) is 0 Å². The predicted octanol–water partition coefficient (Wildman–Crippen LogP) is 3.38. The zero-order valence-electron chi connectivity index (χ0n) is 19.1. The topological polar surface area (TPSA) is 47.6 Å². The van der Waals surface area contributed by atoms with Crippen molar-refractivity contribution in [2.75, 3.05) is 32.7 Å². The molecule has 0 spiro atoms. The maximum Gasteiger partial charge on any atom is 0.237 e. The zero-order valence-corrected chi connectivity index (χ0v) is 19.1. The number of likely N-dealkylation sites (tertiary alicyclic amines) is 2. The van der Waals surface area contributed by atoms with Crippen LogP contribution in [0, 0.1) is 0 Å². The van der Waals surface area contributed by atoms with Crippen LogP contribution in [0.4, 0.5) is 0 Å². The highest BCUT2D eigenvalue weighted by atomic mass is 16.2. The van der Waals surface area contributed by atoms with Crippen LogP contribution in [-0.2, 0) is 11.3 Å². The molecule has 4 rings (SSSR count). The summed E-state index contributed by atoms with van der Waals surface area (Å²) >= 11 is 0. The molecule has 5 nitrogen and oxygen atoms in total. The normalized spacial score (nSPS) is 23.4. The lowest BCUT2D eigenvalue weighted by molar-refractivity contribution is -0.125. The van der Waals surface area contributed by atoms with Crippen molar-refractivity contribution in [3.63, 3.8) is 0 Å². The third-order valence-electron chi connectivity index (χ3n) is 6.86. The summed E-state index contributed by atoms with van der Waals surface area (Å²) in [6.07, 6.45) is 4.56. The highest BCUT2D eigenvalue weighted by Gasteiger charge is 2.37. The lowest BCUT2D eigenvalue weighted by Gasteiger charge is -2.33. The van der Waals surface area contributed by atoms with E-state index in [1.54, 1.807) is 0 Å². The monoisotopic (exact) mass is 422 g/mol. The highest BCUT2D eigenvalue weighted by molar-refractivity contribution is 5.83. The van der Waals surface area contributed by atoms with E-state index in [9.17, 15) is 4.79 Å². The molecule has 0 radical (unpaired) electrons. The number of piperidine rings is 1. The molecule has 31 heavy (non-hydrogen) atoms. The van der Waals surface area contributed by atoms with Crippen LogP contribution in [0.25, 0.3) is 10.8 Å². The fourth-order valence-corrected chi connectivity index (χ4v) is 5.31. The quantitative estimate of drug-likeness (QED) is 0.685. The highest BCUT2D eigenvalue weighted by Crippen LogP contribution is 2.24. The van der Waals surface area contributed by atoms with Gasteiger partial charge in [-0.05, 0) is 74.6 Å². The second kappa shape index (κ2) is 10.6. The first-order valence-corrected chi connectivity index (χ1v) is 12.1.